The molecule has 0 bridgehead atoms. The fourth-order valence-corrected chi connectivity index (χ4v) is 1.99. The summed E-state index contributed by atoms with van der Waals surface area (Å²) in [6.45, 7) is 4.62. The van der Waals surface area contributed by atoms with E-state index in [1.165, 1.54) is 0 Å². The Morgan fingerprint density at radius 2 is 2.10 bits per heavy atom. The van der Waals surface area contributed by atoms with Crippen molar-refractivity contribution in [2.24, 2.45) is 7.05 Å². The lowest BCUT2D eigenvalue weighted by molar-refractivity contribution is 0.276. The van der Waals surface area contributed by atoms with E-state index in [-0.39, 0.29) is 12.5 Å². The van der Waals surface area contributed by atoms with Gasteiger partial charge in [-0.15, -0.1) is 0 Å². The number of nitrogens with zero attached hydrogens (tertiary/aromatic N) is 5. The van der Waals surface area contributed by atoms with Crippen LogP contribution in [0.15, 0.2) is 18.6 Å². The van der Waals surface area contributed by atoms with E-state index in [2.05, 4.69) is 15.0 Å². The molecule has 2 rings (SSSR count). The Hall–Kier alpha value is -1.95. The highest BCUT2D eigenvalue weighted by Gasteiger charge is 2.14. The molecule has 0 fully saturated rings. The number of anilines is 1. The highest BCUT2D eigenvalue weighted by Crippen LogP contribution is 2.20. The molecule has 0 unspecified atom stereocenters. The van der Waals surface area contributed by atoms with Gasteiger partial charge in [-0.3, -0.25) is 0 Å². The van der Waals surface area contributed by atoms with E-state index >= 15 is 0 Å². The first kappa shape index (κ1) is 14.5. The van der Waals surface area contributed by atoms with Crippen molar-refractivity contribution in [1.82, 2.24) is 19.5 Å². The van der Waals surface area contributed by atoms with Crippen molar-refractivity contribution in [3.63, 3.8) is 0 Å². The van der Waals surface area contributed by atoms with Crippen LogP contribution in [0.2, 0.25) is 0 Å². The molecule has 108 valence electrons. The van der Waals surface area contributed by atoms with Crippen molar-refractivity contribution in [3.8, 4) is 0 Å². The van der Waals surface area contributed by atoms with Gasteiger partial charge in [0, 0.05) is 32.4 Å². The molecule has 0 saturated heterocycles. The third-order valence-electron chi connectivity index (χ3n) is 3.24. The molecule has 0 aliphatic carbocycles. The molecule has 0 aliphatic heterocycles. The molecule has 6 heteroatoms. The fraction of sp³-hybridized carbons (Fsp3) is 0.500. The maximum Gasteiger partial charge on any atom is 0.131 e. The third kappa shape index (κ3) is 2.96. The second-order valence-corrected chi connectivity index (χ2v) is 5.18. The minimum Gasteiger partial charge on any atom is -0.390 e. The summed E-state index contributed by atoms with van der Waals surface area (Å²) >= 11 is 0. The lowest BCUT2D eigenvalue weighted by Crippen LogP contribution is -2.21. The van der Waals surface area contributed by atoms with Crippen molar-refractivity contribution in [2.75, 3.05) is 11.9 Å². The maximum absolute atomic E-state index is 9.52. The number of aryl methyl sites for hydroxylation is 1. The zero-order valence-electron chi connectivity index (χ0n) is 12.4. The average Bonchev–Trinajstić information content (AvgIpc) is 2.83. The van der Waals surface area contributed by atoms with Crippen molar-refractivity contribution in [3.05, 3.63) is 35.9 Å². The molecule has 0 atom stereocenters. The number of hydrogen-bond donors (Lipinski definition) is 1. The normalized spacial score (nSPS) is 11.1. The zero-order valence-corrected chi connectivity index (χ0v) is 12.4. The molecule has 20 heavy (non-hydrogen) atoms. The second-order valence-electron chi connectivity index (χ2n) is 5.18. The van der Waals surface area contributed by atoms with Gasteiger partial charge in [0.1, 0.15) is 11.6 Å². The molecule has 0 spiro atoms. The lowest BCUT2D eigenvalue weighted by atomic mass is 10.2. The summed E-state index contributed by atoms with van der Waals surface area (Å²) in [6, 6.07) is 0. The molecule has 0 aliphatic rings. The van der Waals surface area contributed by atoms with Crippen LogP contribution >= 0.6 is 0 Å². The molecule has 6 nitrogen and oxygen atoms in total. The van der Waals surface area contributed by atoms with E-state index in [0.29, 0.717) is 12.2 Å². The predicted octanol–water partition coefficient (Wildman–Crippen LogP) is 1.46. The lowest BCUT2D eigenvalue weighted by Gasteiger charge is -2.21. The first-order chi connectivity index (χ1) is 9.52. The molecule has 0 radical (unpaired) electrons. The Kier molecular flexibility index (Phi) is 4.34. The zero-order chi connectivity index (χ0) is 14.7. The average molecular weight is 275 g/mol. The number of aliphatic hydroxyl groups is 1. The predicted molar refractivity (Wildman–Crippen MR) is 77.4 cm³/mol. The second kappa shape index (κ2) is 6.00. The van der Waals surface area contributed by atoms with Gasteiger partial charge in [-0.1, -0.05) is 13.8 Å². The molecule has 2 heterocycles. The van der Waals surface area contributed by atoms with Gasteiger partial charge in [-0.25, -0.2) is 15.0 Å². The molecule has 2 aromatic rings. The topological polar surface area (TPSA) is 67.1 Å². The molecule has 0 amide bonds. The van der Waals surface area contributed by atoms with E-state index < -0.39 is 0 Å². The van der Waals surface area contributed by atoms with Crippen LogP contribution in [0.1, 0.15) is 37.1 Å². The number of aromatic nitrogens is 4. The summed E-state index contributed by atoms with van der Waals surface area (Å²) in [6.07, 6.45) is 5.46. The van der Waals surface area contributed by atoms with Crippen LogP contribution in [0.4, 0.5) is 5.69 Å². The summed E-state index contributed by atoms with van der Waals surface area (Å²) in [5.74, 6) is 1.95. The summed E-state index contributed by atoms with van der Waals surface area (Å²) < 4.78 is 1.97. The molecule has 1 N–H and O–H groups in total. The minimum absolute atomic E-state index is 0.0948. The SMILES string of the molecule is CC(C)c1ncc(N(C)Cc2nccn2C)c(CO)n1. The van der Waals surface area contributed by atoms with Crippen LogP contribution in [0.5, 0.6) is 0 Å². The van der Waals surface area contributed by atoms with Crippen LogP contribution in [-0.2, 0) is 20.2 Å². The highest BCUT2D eigenvalue weighted by atomic mass is 16.3. The van der Waals surface area contributed by atoms with Gasteiger partial charge in [0.15, 0.2) is 0 Å². The minimum atomic E-state index is -0.0948. The Labute approximate surface area is 119 Å². The van der Waals surface area contributed by atoms with Gasteiger partial charge < -0.3 is 14.6 Å². The van der Waals surface area contributed by atoms with Gasteiger partial charge in [0.05, 0.1) is 30.7 Å². The Morgan fingerprint density at radius 3 is 2.65 bits per heavy atom. The molecule has 2 aromatic heterocycles. The van der Waals surface area contributed by atoms with Crippen LogP contribution < -0.4 is 4.90 Å². The van der Waals surface area contributed by atoms with Gasteiger partial charge in [0.2, 0.25) is 0 Å². The largest absolute Gasteiger partial charge is 0.390 e. The third-order valence-corrected chi connectivity index (χ3v) is 3.24. The summed E-state index contributed by atoms with van der Waals surface area (Å²) in [5.41, 5.74) is 1.49. The van der Waals surface area contributed by atoms with Gasteiger partial charge in [-0.05, 0) is 0 Å². The van der Waals surface area contributed by atoms with Crippen molar-refractivity contribution >= 4 is 5.69 Å². The van der Waals surface area contributed by atoms with Crippen LogP contribution in [0.25, 0.3) is 0 Å². The van der Waals surface area contributed by atoms with E-state index in [1.807, 2.05) is 43.6 Å². The molecular weight excluding hydrogens is 254 g/mol. The fourth-order valence-electron chi connectivity index (χ4n) is 1.99. The summed E-state index contributed by atoms with van der Waals surface area (Å²) in [4.78, 5) is 15.1. The quantitative estimate of drug-likeness (QED) is 0.895. The molecular formula is C14H21N5O. The van der Waals surface area contributed by atoms with Gasteiger partial charge >= 0.3 is 0 Å². The van der Waals surface area contributed by atoms with E-state index in [9.17, 15) is 5.11 Å². The van der Waals surface area contributed by atoms with Crippen LogP contribution in [0.3, 0.4) is 0 Å². The first-order valence-electron chi connectivity index (χ1n) is 6.67. The number of aliphatic hydroxyl groups excluding tert-OH is 1. The molecule has 0 aromatic carbocycles. The Bertz CT molecular complexity index is 579. The smallest absolute Gasteiger partial charge is 0.131 e. The van der Waals surface area contributed by atoms with Crippen molar-refractivity contribution < 1.29 is 5.11 Å². The first-order valence-corrected chi connectivity index (χ1v) is 6.67. The maximum atomic E-state index is 9.52. The summed E-state index contributed by atoms with van der Waals surface area (Å²) in [7, 11) is 3.91. The van der Waals surface area contributed by atoms with E-state index in [1.54, 1.807) is 12.4 Å². The van der Waals surface area contributed by atoms with Crippen molar-refractivity contribution in [1.29, 1.82) is 0 Å². The Morgan fingerprint density at radius 1 is 1.35 bits per heavy atom. The summed E-state index contributed by atoms with van der Waals surface area (Å²) in [5, 5.41) is 9.52. The van der Waals surface area contributed by atoms with E-state index in [0.717, 1.165) is 17.3 Å². The van der Waals surface area contributed by atoms with Crippen LogP contribution in [0, 0.1) is 0 Å². The van der Waals surface area contributed by atoms with Crippen LogP contribution in [-0.4, -0.2) is 31.7 Å². The van der Waals surface area contributed by atoms with Gasteiger partial charge in [0.25, 0.3) is 0 Å². The molecule has 0 saturated carbocycles. The monoisotopic (exact) mass is 275 g/mol. The van der Waals surface area contributed by atoms with E-state index in [4.69, 9.17) is 0 Å². The highest BCUT2D eigenvalue weighted by molar-refractivity contribution is 5.48. The number of hydrogen-bond acceptors (Lipinski definition) is 5. The Balaban J connectivity index is 2.25. The number of imidazole rings is 1. The standard InChI is InChI=1S/C14H21N5O/c1-10(2)14-16-7-12(11(9-20)17-14)19(4)8-13-15-5-6-18(13)3/h5-7,10,20H,8-9H2,1-4H3. The van der Waals surface area contributed by atoms with Crippen molar-refractivity contribution in [2.45, 2.75) is 32.9 Å². The number of rotatable bonds is 5. The van der Waals surface area contributed by atoms with Gasteiger partial charge in [-0.2, -0.15) is 0 Å².